The van der Waals surface area contributed by atoms with Crippen LogP contribution in [-0.4, -0.2) is 47.4 Å². The molecule has 3 N–H and O–H groups in total. The van der Waals surface area contributed by atoms with Crippen molar-refractivity contribution in [3.05, 3.63) is 36.5 Å². The molecule has 0 saturated carbocycles. The summed E-state index contributed by atoms with van der Waals surface area (Å²) in [7, 11) is 0. The normalized spacial score (nSPS) is 12.9. The van der Waals surface area contributed by atoms with E-state index in [1.807, 2.05) is 6.08 Å². The molecule has 6 heteroatoms. The van der Waals surface area contributed by atoms with Crippen molar-refractivity contribution in [1.82, 2.24) is 5.32 Å². The van der Waals surface area contributed by atoms with Gasteiger partial charge in [0.15, 0.2) is 0 Å². The van der Waals surface area contributed by atoms with Gasteiger partial charge < -0.3 is 20.3 Å². The third kappa shape index (κ3) is 47.4. The van der Waals surface area contributed by atoms with Crippen LogP contribution in [0.1, 0.15) is 277 Å². The number of hydrogen-bond donors (Lipinski definition) is 3. The number of ether oxygens (including phenoxy) is 1. The minimum Gasteiger partial charge on any atom is -0.466 e. The Morgan fingerprint density at radius 2 is 0.820 bits per heavy atom. The van der Waals surface area contributed by atoms with Crippen LogP contribution >= 0.6 is 0 Å². The number of nitrogens with one attached hydrogen (secondary N) is 1. The summed E-state index contributed by atoms with van der Waals surface area (Å²) in [6, 6.07) is -0.649. The second kappa shape index (κ2) is 50.7. The fourth-order valence-corrected chi connectivity index (χ4v) is 8.02. The van der Waals surface area contributed by atoms with Crippen LogP contribution in [0.2, 0.25) is 0 Å². The van der Waals surface area contributed by atoms with E-state index in [0.717, 1.165) is 64.2 Å². The first kappa shape index (κ1) is 59.1. The van der Waals surface area contributed by atoms with E-state index in [4.69, 9.17) is 4.74 Å². The second-order valence-corrected chi connectivity index (χ2v) is 18.2. The van der Waals surface area contributed by atoms with E-state index in [9.17, 15) is 19.8 Å². The molecule has 0 saturated heterocycles. The van der Waals surface area contributed by atoms with Crippen LogP contribution in [0.15, 0.2) is 36.5 Å². The van der Waals surface area contributed by atoms with Gasteiger partial charge in [0, 0.05) is 12.8 Å². The molecule has 0 radical (unpaired) electrons. The first-order chi connectivity index (χ1) is 30.0. The highest BCUT2D eigenvalue weighted by molar-refractivity contribution is 5.76. The second-order valence-electron chi connectivity index (χ2n) is 18.2. The summed E-state index contributed by atoms with van der Waals surface area (Å²) in [6.07, 6.45) is 61.4. The van der Waals surface area contributed by atoms with Crippen LogP contribution in [0.25, 0.3) is 0 Å². The van der Waals surface area contributed by atoms with Crippen molar-refractivity contribution in [3.63, 3.8) is 0 Å². The fourth-order valence-electron chi connectivity index (χ4n) is 8.02. The molecule has 0 spiro atoms. The maximum Gasteiger partial charge on any atom is 0.305 e. The lowest BCUT2D eigenvalue weighted by atomic mass is 10.0. The molecule has 0 aromatic heterocycles. The van der Waals surface area contributed by atoms with Gasteiger partial charge in [0.25, 0.3) is 0 Å². The van der Waals surface area contributed by atoms with E-state index in [-0.39, 0.29) is 18.5 Å². The minimum atomic E-state index is -0.863. The van der Waals surface area contributed by atoms with Crippen LogP contribution in [-0.2, 0) is 14.3 Å². The summed E-state index contributed by atoms with van der Waals surface area (Å²) < 4.78 is 5.45. The standard InChI is InChI=1S/C55H103NO5/c1-3-5-7-9-11-13-15-17-19-21-23-24-26-28-31-35-39-43-47-53(58)52(51-57)56-54(59)48-44-40-36-32-30-34-38-42-46-50-61-55(60)49-45-41-37-33-29-27-25-22-20-18-16-14-12-10-8-6-4-2/h12,14,18,20,43,47,52-53,57-58H,3-11,13,15-17,19,21-42,44-46,48-51H2,1-2H3,(H,56,59)/b14-12-,20-18-,47-43+. The summed E-state index contributed by atoms with van der Waals surface area (Å²) >= 11 is 0. The Morgan fingerprint density at radius 3 is 1.28 bits per heavy atom. The number of hydrogen-bond acceptors (Lipinski definition) is 5. The molecule has 2 unspecified atom stereocenters. The van der Waals surface area contributed by atoms with Gasteiger partial charge >= 0.3 is 5.97 Å². The number of amides is 1. The van der Waals surface area contributed by atoms with E-state index in [1.54, 1.807) is 6.08 Å². The Bertz CT molecular complexity index is 993. The Balaban J connectivity index is 3.53. The first-order valence-electron chi connectivity index (χ1n) is 26.8. The van der Waals surface area contributed by atoms with Gasteiger partial charge in [-0.25, -0.2) is 0 Å². The van der Waals surface area contributed by atoms with Crippen LogP contribution in [0.3, 0.4) is 0 Å². The van der Waals surface area contributed by atoms with Crippen LogP contribution < -0.4 is 5.32 Å². The molecule has 0 aliphatic heterocycles. The molecule has 0 aromatic rings. The summed E-state index contributed by atoms with van der Waals surface area (Å²) in [5.74, 6) is -0.131. The average molecular weight is 858 g/mol. The molecule has 1 amide bonds. The monoisotopic (exact) mass is 858 g/mol. The van der Waals surface area contributed by atoms with E-state index in [1.165, 1.54) is 186 Å². The third-order valence-corrected chi connectivity index (χ3v) is 12.2. The summed E-state index contributed by atoms with van der Waals surface area (Å²) in [4.78, 5) is 24.5. The number of rotatable bonds is 49. The molecule has 0 aromatic carbocycles. The van der Waals surface area contributed by atoms with Gasteiger partial charge in [0.2, 0.25) is 5.91 Å². The highest BCUT2D eigenvalue weighted by Gasteiger charge is 2.18. The molecule has 0 rings (SSSR count). The molecular formula is C55H103NO5. The zero-order chi connectivity index (χ0) is 44.4. The molecule has 6 nitrogen and oxygen atoms in total. The molecule has 0 fully saturated rings. The number of allylic oxidation sites excluding steroid dienone is 5. The lowest BCUT2D eigenvalue weighted by Gasteiger charge is -2.20. The number of carbonyl (C=O) groups is 2. The number of carbonyl (C=O) groups excluding carboxylic acids is 2. The predicted octanol–water partition coefficient (Wildman–Crippen LogP) is 16.1. The van der Waals surface area contributed by atoms with Gasteiger partial charge in [-0.2, -0.15) is 0 Å². The van der Waals surface area contributed by atoms with Crippen LogP contribution in [0.4, 0.5) is 0 Å². The maximum atomic E-state index is 12.4. The Hall–Kier alpha value is -1.92. The number of unbranched alkanes of at least 4 members (excludes halogenated alkanes) is 34. The van der Waals surface area contributed by atoms with Gasteiger partial charge in [-0.1, -0.05) is 237 Å². The highest BCUT2D eigenvalue weighted by atomic mass is 16.5. The third-order valence-electron chi connectivity index (χ3n) is 12.2. The molecular weight excluding hydrogens is 755 g/mol. The highest BCUT2D eigenvalue weighted by Crippen LogP contribution is 2.16. The molecule has 61 heavy (non-hydrogen) atoms. The summed E-state index contributed by atoms with van der Waals surface area (Å²) in [5.41, 5.74) is 0. The molecule has 0 heterocycles. The predicted molar refractivity (Wildman–Crippen MR) is 264 cm³/mol. The van der Waals surface area contributed by atoms with Gasteiger partial charge in [-0.05, 0) is 64.2 Å². The summed E-state index contributed by atoms with van der Waals surface area (Å²) in [6.45, 7) is 4.81. The minimum absolute atomic E-state index is 0.0351. The van der Waals surface area contributed by atoms with Crippen molar-refractivity contribution >= 4 is 11.9 Å². The van der Waals surface area contributed by atoms with E-state index >= 15 is 0 Å². The van der Waals surface area contributed by atoms with Gasteiger partial charge in [0.05, 0.1) is 25.4 Å². The van der Waals surface area contributed by atoms with Gasteiger partial charge in [-0.15, -0.1) is 0 Å². The van der Waals surface area contributed by atoms with Gasteiger partial charge in [0.1, 0.15) is 0 Å². The Labute approximate surface area is 379 Å². The fraction of sp³-hybridized carbons (Fsp3) is 0.855. The molecule has 2 atom stereocenters. The largest absolute Gasteiger partial charge is 0.466 e. The van der Waals surface area contributed by atoms with Crippen molar-refractivity contribution in [3.8, 4) is 0 Å². The SMILES string of the molecule is CCCCC/C=C\C/C=C\CCCCCCCCCC(=O)OCCCCCCCCCCCC(=O)NC(CO)C(O)/C=C/CCCCCCCCCCCCCCCCCC. The van der Waals surface area contributed by atoms with Crippen molar-refractivity contribution in [2.45, 2.75) is 289 Å². The molecule has 358 valence electrons. The zero-order valence-corrected chi connectivity index (χ0v) is 40.6. The number of aliphatic hydroxyl groups excluding tert-OH is 2. The van der Waals surface area contributed by atoms with E-state index in [2.05, 4.69) is 43.5 Å². The number of esters is 1. The lowest BCUT2D eigenvalue weighted by molar-refractivity contribution is -0.143. The zero-order valence-electron chi connectivity index (χ0n) is 40.6. The van der Waals surface area contributed by atoms with Crippen LogP contribution in [0.5, 0.6) is 0 Å². The van der Waals surface area contributed by atoms with E-state index in [0.29, 0.717) is 19.4 Å². The Morgan fingerprint density at radius 1 is 0.459 bits per heavy atom. The van der Waals surface area contributed by atoms with E-state index < -0.39 is 12.1 Å². The average Bonchev–Trinajstić information content (AvgIpc) is 3.26. The Kier molecular flexibility index (Phi) is 49.1. The van der Waals surface area contributed by atoms with Crippen molar-refractivity contribution < 1.29 is 24.5 Å². The van der Waals surface area contributed by atoms with Crippen molar-refractivity contribution in [2.24, 2.45) is 0 Å². The molecule has 0 bridgehead atoms. The topological polar surface area (TPSA) is 95.9 Å². The van der Waals surface area contributed by atoms with Crippen molar-refractivity contribution in [1.29, 1.82) is 0 Å². The number of aliphatic hydroxyl groups is 2. The van der Waals surface area contributed by atoms with Gasteiger partial charge in [-0.3, -0.25) is 9.59 Å². The first-order valence-corrected chi connectivity index (χ1v) is 26.8. The lowest BCUT2D eigenvalue weighted by Crippen LogP contribution is -2.45. The summed E-state index contributed by atoms with van der Waals surface area (Å²) in [5, 5.41) is 23.1. The molecule has 0 aliphatic rings. The molecule has 0 aliphatic carbocycles. The van der Waals surface area contributed by atoms with Crippen molar-refractivity contribution in [2.75, 3.05) is 13.2 Å². The van der Waals surface area contributed by atoms with Crippen LogP contribution in [0, 0.1) is 0 Å². The maximum absolute atomic E-state index is 12.4. The smallest absolute Gasteiger partial charge is 0.305 e. The quantitative estimate of drug-likeness (QED) is 0.0322.